The first-order valence-corrected chi connectivity index (χ1v) is 10.9. The van der Waals surface area contributed by atoms with Crippen LogP contribution in [0.4, 0.5) is 5.69 Å². The first kappa shape index (κ1) is 19.6. The summed E-state index contributed by atoms with van der Waals surface area (Å²) in [5, 5.41) is 17.4. The quantitative estimate of drug-likeness (QED) is 0.393. The summed E-state index contributed by atoms with van der Waals surface area (Å²) >= 11 is 7.44. The van der Waals surface area contributed by atoms with Gasteiger partial charge in [-0.2, -0.15) is 5.10 Å². The number of nitrogens with zero attached hydrogens (tertiary/aromatic N) is 5. The van der Waals surface area contributed by atoms with Crippen LogP contribution < -0.4 is 5.32 Å². The molecule has 9 heteroatoms. The number of amides is 1. The molecule has 0 saturated carbocycles. The standard InChI is InChI=1S/C22H17ClN6OS/c1-14-16(23)8-5-9-17(14)24-20(30)13-31-22-26-25-21-19-12-18(15-6-3-2-4-7-15)27-29(19)11-10-28(21)22/h2-12H,13H2,1H3,(H,24,30). The van der Waals surface area contributed by atoms with Crippen molar-refractivity contribution in [2.75, 3.05) is 11.1 Å². The van der Waals surface area contributed by atoms with Crippen LogP contribution in [0.5, 0.6) is 0 Å². The molecule has 0 aliphatic carbocycles. The van der Waals surface area contributed by atoms with Crippen LogP contribution in [0, 0.1) is 6.92 Å². The largest absolute Gasteiger partial charge is 0.325 e. The van der Waals surface area contributed by atoms with E-state index >= 15 is 0 Å². The zero-order chi connectivity index (χ0) is 21.4. The second-order valence-corrected chi connectivity index (χ2v) is 8.30. The monoisotopic (exact) mass is 448 g/mol. The Bertz CT molecular complexity index is 1410. The highest BCUT2D eigenvalue weighted by Gasteiger charge is 2.14. The van der Waals surface area contributed by atoms with Gasteiger partial charge in [0.1, 0.15) is 5.52 Å². The Morgan fingerprint density at radius 1 is 1.10 bits per heavy atom. The van der Waals surface area contributed by atoms with Crippen molar-refractivity contribution in [3.05, 3.63) is 77.6 Å². The fourth-order valence-corrected chi connectivity index (χ4v) is 4.19. The minimum Gasteiger partial charge on any atom is -0.325 e. The summed E-state index contributed by atoms with van der Waals surface area (Å²) in [5.74, 6) is 0.0656. The van der Waals surface area contributed by atoms with Gasteiger partial charge in [0.05, 0.1) is 11.4 Å². The number of nitrogens with one attached hydrogen (secondary N) is 1. The topological polar surface area (TPSA) is 76.6 Å². The van der Waals surface area contributed by atoms with E-state index in [1.165, 1.54) is 11.8 Å². The molecule has 0 saturated heterocycles. The van der Waals surface area contributed by atoms with Crippen LogP contribution in [0.2, 0.25) is 5.02 Å². The lowest BCUT2D eigenvalue weighted by molar-refractivity contribution is -0.113. The zero-order valence-corrected chi connectivity index (χ0v) is 18.1. The molecular weight excluding hydrogens is 432 g/mol. The van der Waals surface area contributed by atoms with Gasteiger partial charge in [-0.1, -0.05) is 59.8 Å². The van der Waals surface area contributed by atoms with Crippen molar-refractivity contribution in [1.82, 2.24) is 24.2 Å². The van der Waals surface area contributed by atoms with Crippen molar-refractivity contribution in [2.24, 2.45) is 0 Å². The van der Waals surface area contributed by atoms with Crippen molar-refractivity contribution in [1.29, 1.82) is 0 Å². The Morgan fingerprint density at radius 2 is 1.94 bits per heavy atom. The first-order chi connectivity index (χ1) is 15.1. The van der Waals surface area contributed by atoms with Crippen LogP contribution in [0.3, 0.4) is 0 Å². The fraction of sp³-hybridized carbons (Fsp3) is 0.0909. The van der Waals surface area contributed by atoms with Gasteiger partial charge in [0, 0.05) is 28.7 Å². The van der Waals surface area contributed by atoms with E-state index in [1.807, 2.05) is 72.2 Å². The lowest BCUT2D eigenvalue weighted by atomic mass is 10.1. The molecule has 0 unspecified atom stereocenters. The van der Waals surface area contributed by atoms with Crippen LogP contribution in [0.1, 0.15) is 5.56 Å². The second kappa shape index (κ2) is 8.05. The predicted molar refractivity (Wildman–Crippen MR) is 123 cm³/mol. The van der Waals surface area contributed by atoms with E-state index in [0.717, 1.165) is 22.3 Å². The number of hydrogen-bond acceptors (Lipinski definition) is 5. The average molecular weight is 449 g/mol. The van der Waals surface area contributed by atoms with E-state index < -0.39 is 0 Å². The lowest BCUT2D eigenvalue weighted by Crippen LogP contribution is -2.15. The van der Waals surface area contributed by atoms with Crippen molar-refractivity contribution in [3.8, 4) is 11.3 Å². The van der Waals surface area contributed by atoms with Gasteiger partial charge in [0.15, 0.2) is 10.8 Å². The molecule has 5 rings (SSSR count). The maximum Gasteiger partial charge on any atom is 0.234 e. The first-order valence-electron chi connectivity index (χ1n) is 9.56. The summed E-state index contributed by atoms with van der Waals surface area (Å²) in [4.78, 5) is 12.4. The number of fused-ring (bicyclic) bond motifs is 3. The van der Waals surface area contributed by atoms with E-state index in [1.54, 1.807) is 10.6 Å². The molecule has 0 spiro atoms. The number of halogens is 1. The molecule has 3 aromatic heterocycles. The third kappa shape index (κ3) is 3.75. The van der Waals surface area contributed by atoms with Crippen molar-refractivity contribution in [3.63, 3.8) is 0 Å². The van der Waals surface area contributed by atoms with Gasteiger partial charge in [0.25, 0.3) is 0 Å². The molecule has 0 aliphatic rings. The Kier molecular flexibility index (Phi) is 5.09. The van der Waals surface area contributed by atoms with E-state index in [-0.39, 0.29) is 11.7 Å². The van der Waals surface area contributed by atoms with E-state index in [0.29, 0.717) is 21.5 Å². The van der Waals surface area contributed by atoms with Crippen molar-refractivity contribution < 1.29 is 4.79 Å². The molecule has 0 aliphatic heterocycles. The number of thioether (sulfide) groups is 1. The molecule has 154 valence electrons. The summed E-state index contributed by atoms with van der Waals surface area (Å²) in [6.45, 7) is 1.87. The molecule has 0 radical (unpaired) electrons. The van der Waals surface area contributed by atoms with Gasteiger partial charge in [-0.15, -0.1) is 10.2 Å². The highest BCUT2D eigenvalue weighted by atomic mass is 35.5. The number of anilines is 1. The van der Waals surface area contributed by atoms with Gasteiger partial charge in [-0.05, 0) is 30.7 Å². The molecule has 0 fully saturated rings. The Morgan fingerprint density at radius 3 is 2.77 bits per heavy atom. The Labute approximate surface area is 187 Å². The highest BCUT2D eigenvalue weighted by Crippen LogP contribution is 2.25. The Hall–Kier alpha value is -3.36. The number of benzene rings is 2. The van der Waals surface area contributed by atoms with Crippen LogP contribution in [0.25, 0.3) is 22.4 Å². The Balaban J connectivity index is 1.37. The van der Waals surface area contributed by atoms with Gasteiger partial charge < -0.3 is 5.32 Å². The van der Waals surface area contributed by atoms with Gasteiger partial charge >= 0.3 is 0 Å². The molecule has 7 nitrogen and oxygen atoms in total. The van der Waals surface area contributed by atoms with E-state index in [4.69, 9.17) is 11.6 Å². The van der Waals surface area contributed by atoms with Crippen molar-refractivity contribution in [2.45, 2.75) is 12.1 Å². The summed E-state index contributed by atoms with van der Waals surface area (Å²) in [5.41, 5.74) is 4.98. The average Bonchev–Trinajstić information content (AvgIpc) is 3.40. The van der Waals surface area contributed by atoms with Crippen LogP contribution >= 0.6 is 23.4 Å². The fourth-order valence-electron chi connectivity index (χ4n) is 3.30. The van der Waals surface area contributed by atoms with Gasteiger partial charge in [-0.25, -0.2) is 4.52 Å². The minimum atomic E-state index is -0.135. The molecule has 31 heavy (non-hydrogen) atoms. The molecule has 1 N–H and O–H groups in total. The number of carbonyl (C=O) groups excluding carboxylic acids is 1. The third-order valence-corrected chi connectivity index (χ3v) is 6.28. The minimum absolute atomic E-state index is 0.135. The maximum atomic E-state index is 12.4. The van der Waals surface area contributed by atoms with Crippen LogP contribution in [0.15, 0.2) is 72.1 Å². The lowest BCUT2D eigenvalue weighted by Gasteiger charge is -2.09. The molecular formula is C22H17ClN6OS. The molecule has 0 bridgehead atoms. The summed E-state index contributed by atoms with van der Waals surface area (Å²) < 4.78 is 3.66. The van der Waals surface area contributed by atoms with E-state index in [2.05, 4.69) is 20.6 Å². The number of carbonyl (C=O) groups is 1. The molecule has 2 aromatic carbocycles. The van der Waals surface area contributed by atoms with Gasteiger partial charge in [-0.3, -0.25) is 9.20 Å². The third-order valence-electron chi connectivity index (χ3n) is 4.93. The van der Waals surface area contributed by atoms with Crippen LogP contribution in [-0.2, 0) is 4.79 Å². The molecule has 5 aromatic rings. The van der Waals surface area contributed by atoms with Gasteiger partial charge in [0.2, 0.25) is 5.91 Å². The normalized spacial score (nSPS) is 11.3. The molecule has 3 heterocycles. The van der Waals surface area contributed by atoms with Crippen molar-refractivity contribution >= 4 is 46.1 Å². The zero-order valence-electron chi connectivity index (χ0n) is 16.5. The molecule has 0 atom stereocenters. The number of hydrogen-bond donors (Lipinski definition) is 1. The number of rotatable bonds is 5. The summed E-state index contributed by atoms with van der Waals surface area (Å²) in [7, 11) is 0. The smallest absolute Gasteiger partial charge is 0.234 e. The molecule has 1 amide bonds. The number of aromatic nitrogens is 5. The van der Waals surface area contributed by atoms with Crippen LogP contribution in [-0.4, -0.2) is 35.9 Å². The highest BCUT2D eigenvalue weighted by molar-refractivity contribution is 7.99. The maximum absolute atomic E-state index is 12.4. The SMILES string of the molecule is Cc1c(Cl)cccc1NC(=O)CSc1nnc2c3cc(-c4ccccc4)nn3ccn12. The summed E-state index contributed by atoms with van der Waals surface area (Å²) in [6.07, 6.45) is 3.71. The van der Waals surface area contributed by atoms with E-state index in [9.17, 15) is 4.79 Å². The summed E-state index contributed by atoms with van der Waals surface area (Å²) in [6, 6.07) is 17.4. The predicted octanol–water partition coefficient (Wildman–Crippen LogP) is 4.74. The second-order valence-electron chi connectivity index (χ2n) is 6.95.